The molecule has 0 atom stereocenters. The Balaban J connectivity index is 2.75. The van der Waals surface area contributed by atoms with Crippen LogP contribution in [-0.2, 0) is 6.54 Å². The highest BCUT2D eigenvalue weighted by atomic mass is 16.4. The largest absolute Gasteiger partial charge is 0.478 e. The molecule has 0 bridgehead atoms. The first-order valence-electron chi connectivity index (χ1n) is 6.73. The molecule has 0 heterocycles. The third kappa shape index (κ3) is 5.41. The number of benzene rings is 1. The van der Waals surface area contributed by atoms with Crippen molar-refractivity contribution >= 4 is 5.97 Å². The second kappa shape index (κ2) is 7.92. The number of carboxylic acid groups (broad SMARTS) is 1. The maximum Gasteiger partial charge on any atom is 0.336 e. The first-order chi connectivity index (χ1) is 9.04. The van der Waals surface area contributed by atoms with Gasteiger partial charge in [-0.2, -0.15) is 0 Å². The molecule has 0 spiro atoms. The highest BCUT2D eigenvalue weighted by molar-refractivity contribution is 5.89. The maximum atomic E-state index is 11.2. The van der Waals surface area contributed by atoms with Gasteiger partial charge in [0.25, 0.3) is 0 Å². The lowest BCUT2D eigenvalue weighted by Crippen LogP contribution is -2.32. The Morgan fingerprint density at radius 3 is 2.42 bits per heavy atom. The lowest BCUT2D eigenvalue weighted by molar-refractivity contribution is 0.0694. The Morgan fingerprint density at radius 1 is 1.16 bits per heavy atom. The summed E-state index contributed by atoms with van der Waals surface area (Å²) in [5.74, 6) is -0.848. The van der Waals surface area contributed by atoms with Crippen LogP contribution in [0.3, 0.4) is 0 Å². The van der Waals surface area contributed by atoms with E-state index in [1.54, 1.807) is 12.1 Å². The smallest absolute Gasteiger partial charge is 0.336 e. The van der Waals surface area contributed by atoms with E-state index in [9.17, 15) is 9.90 Å². The van der Waals surface area contributed by atoms with Gasteiger partial charge in [0.1, 0.15) is 0 Å². The van der Waals surface area contributed by atoms with Crippen LogP contribution >= 0.6 is 0 Å². The number of hydrogen-bond donors (Lipinski definition) is 1. The van der Waals surface area contributed by atoms with Gasteiger partial charge in [0.2, 0.25) is 0 Å². The fourth-order valence-corrected chi connectivity index (χ4v) is 2.04. The van der Waals surface area contributed by atoms with Gasteiger partial charge >= 0.3 is 5.97 Å². The summed E-state index contributed by atoms with van der Waals surface area (Å²) in [6.45, 7) is 5.77. The number of carbonyl (C=O) groups is 1. The van der Waals surface area contributed by atoms with Crippen LogP contribution in [0.4, 0.5) is 0 Å². The molecular weight excluding hydrogens is 240 g/mol. The molecule has 1 aromatic rings. The number of rotatable bonds is 8. The van der Waals surface area contributed by atoms with Crippen LogP contribution in [0.5, 0.6) is 0 Å². The van der Waals surface area contributed by atoms with Gasteiger partial charge in [-0.1, -0.05) is 25.1 Å². The number of nitrogens with zero attached hydrogens (tertiary/aromatic N) is 2. The molecule has 0 saturated carbocycles. The van der Waals surface area contributed by atoms with Crippen LogP contribution in [0.15, 0.2) is 24.3 Å². The minimum atomic E-state index is -0.848. The Hall–Kier alpha value is -1.39. The van der Waals surface area contributed by atoms with E-state index in [4.69, 9.17) is 0 Å². The molecule has 1 N–H and O–H groups in total. The standard InChI is InChI=1S/C15H24N2O2/c1-4-9-17(11-10-16(2)3)12-13-7-5-6-8-14(13)15(18)19/h5-8H,4,9-12H2,1-3H3,(H,18,19). The van der Waals surface area contributed by atoms with Crippen molar-refractivity contribution < 1.29 is 9.90 Å². The summed E-state index contributed by atoms with van der Waals surface area (Å²) in [5.41, 5.74) is 1.30. The summed E-state index contributed by atoms with van der Waals surface area (Å²) in [5, 5.41) is 9.20. The van der Waals surface area contributed by atoms with E-state index < -0.39 is 5.97 Å². The predicted octanol–water partition coefficient (Wildman–Crippen LogP) is 2.16. The van der Waals surface area contributed by atoms with Crippen LogP contribution in [0.25, 0.3) is 0 Å². The Bertz CT molecular complexity index is 405. The summed E-state index contributed by atoms with van der Waals surface area (Å²) in [4.78, 5) is 15.7. The second-order valence-electron chi connectivity index (χ2n) is 5.04. The van der Waals surface area contributed by atoms with Crippen molar-refractivity contribution in [3.05, 3.63) is 35.4 Å². The molecule has 0 radical (unpaired) electrons. The molecule has 0 amide bonds. The molecule has 0 aliphatic carbocycles. The Kier molecular flexibility index (Phi) is 6.53. The lowest BCUT2D eigenvalue weighted by Gasteiger charge is -2.24. The van der Waals surface area contributed by atoms with Crippen LogP contribution < -0.4 is 0 Å². The van der Waals surface area contributed by atoms with E-state index in [-0.39, 0.29) is 0 Å². The normalized spacial score (nSPS) is 11.2. The second-order valence-corrected chi connectivity index (χ2v) is 5.04. The molecule has 0 saturated heterocycles. The van der Waals surface area contributed by atoms with Crippen molar-refractivity contribution in [1.82, 2.24) is 9.80 Å². The van der Waals surface area contributed by atoms with Gasteiger partial charge in [0, 0.05) is 19.6 Å². The fourth-order valence-electron chi connectivity index (χ4n) is 2.04. The highest BCUT2D eigenvalue weighted by Gasteiger charge is 2.12. The van der Waals surface area contributed by atoms with E-state index in [2.05, 4.69) is 30.8 Å². The molecule has 4 nitrogen and oxygen atoms in total. The molecule has 1 rings (SSSR count). The minimum absolute atomic E-state index is 0.411. The summed E-state index contributed by atoms with van der Waals surface area (Å²) >= 11 is 0. The topological polar surface area (TPSA) is 43.8 Å². The van der Waals surface area contributed by atoms with Gasteiger partial charge in [-0.3, -0.25) is 4.90 Å². The lowest BCUT2D eigenvalue weighted by atomic mass is 10.1. The van der Waals surface area contributed by atoms with Gasteiger partial charge in [0.15, 0.2) is 0 Å². The minimum Gasteiger partial charge on any atom is -0.478 e. The van der Waals surface area contributed by atoms with E-state index in [1.165, 1.54) is 0 Å². The zero-order valence-electron chi connectivity index (χ0n) is 12.1. The summed E-state index contributed by atoms with van der Waals surface area (Å²) in [7, 11) is 4.10. The fraction of sp³-hybridized carbons (Fsp3) is 0.533. The zero-order valence-corrected chi connectivity index (χ0v) is 12.1. The van der Waals surface area contributed by atoms with Crippen LogP contribution in [-0.4, -0.2) is 54.6 Å². The van der Waals surface area contributed by atoms with Crippen LogP contribution in [0.2, 0.25) is 0 Å². The number of hydrogen-bond acceptors (Lipinski definition) is 3. The Morgan fingerprint density at radius 2 is 1.84 bits per heavy atom. The number of likely N-dealkylation sites (N-methyl/N-ethyl adjacent to an activating group) is 1. The van der Waals surface area contributed by atoms with Gasteiger partial charge in [-0.25, -0.2) is 4.79 Å². The molecule has 0 aliphatic heterocycles. The third-order valence-electron chi connectivity index (χ3n) is 3.04. The maximum absolute atomic E-state index is 11.2. The van der Waals surface area contributed by atoms with E-state index in [0.717, 1.165) is 31.6 Å². The molecule has 4 heteroatoms. The quantitative estimate of drug-likeness (QED) is 0.781. The number of aromatic carboxylic acids is 1. The zero-order chi connectivity index (χ0) is 14.3. The molecule has 0 aliphatic rings. The summed E-state index contributed by atoms with van der Waals surface area (Å²) in [6, 6.07) is 7.25. The van der Waals surface area contributed by atoms with Crippen molar-refractivity contribution in [2.75, 3.05) is 33.7 Å². The predicted molar refractivity (Wildman–Crippen MR) is 77.5 cm³/mol. The van der Waals surface area contributed by atoms with Crippen molar-refractivity contribution in [1.29, 1.82) is 0 Å². The average Bonchev–Trinajstić information content (AvgIpc) is 2.36. The molecular formula is C15H24N2O2. The molecule has 1 aromatic carbocycles. The first kappa shape index (κ1) is 15.7. The molecule has 106 valence electrons. The summed E-state index contributed by atoms with van der Waals surface area (Å²) < 4.78 is 0. The monoisotopic (exact) mass is 264 g/mol. The van der Waals surface area contributed by atoms with Crippen molar-refractivity contribution in [3.8, 4) is 0 Å². The van der Waals surface area contributed by atoms with Gasteiger partial charge in [0.05, 0.1) is 5.56 Å². The first-order valence-corrected chi connectivity index (χ1v) is 6.73. The number of carboxylic acids is 1. The van der Waals surface area contributed by atoms with Gasteiger partial charge in [-0.05, 0) is 38.7 Å². The Labute approximate surface area is 115 Å². The molecule has 0 unspecified atom stereocenters. The average molecular weight is 264 g/mol. The highest BCUT2D eigenvalue weighted by Crippen LogP contribution is 2.12. The SMILES string of the molecule is CCCN(CCN(C)C)Cc1ccccc1C(=O)O. The van der Waals surface area contributed by atoms with E-state index in [0.29, 0.717) is 12.1 Å². The van der Waals surface area contributed by atoms with Gasteiger partial charge < -0.3 is 10.0 Å². The van der Waals surface area contributed by atoms with Crippen molar-refractivity contribution in [2.45, 2.75) is 19.9 Å². The van der Waals surface area contributed by atoms with Crippen molar-refractivity contribution in [3.63, 3.8) is 0 Å². The molecule has 0 aromatic heterocycles. The molecule has 0 fully saturated rings. The van der Waals surface area contributed by atoms with E-state index in [1.807, 2.05) is 12.1 Å². The van der Waals surface area contributed by atoms with Crippen LogP contribution in [0.1, 0.15) is 29.3 Å². The third-order valence-corrected chi connectivity index (χ3v) is 3.04. The van der Waals surface area contributed by atoms with E-state index >= 15 is 0 Å². The molecule has 19 heavy (non-hydrogen) atoms. The van der Waals surface area contributed by atoms with Crippen molar-refractivity contribution in [2.24, 2.45) is 0 Å². The van der Waals surface area contributed by atoms with Crippen LogP contribution in [0, 0.1) is 0 Å². The van der Waals surface area contributed by atoms with Gasteiger partial charge in [-0.15, -0.1) is 0 Å². The summed E-state index contributed by atoms with van der Waals surface area (Å²) in [6.07, 6.45) is 1.07.